The van der Waals surface area contributed by atoms with Gasteiger partial charge < -0.3 is 15.3 Å². The molecule has 0 aromatic rings. The van der Waals surface area contributed by atoms with Crippen LogP contribution in [-0.4, -0.2) is 42.1 Å². The number of hydrogen-bond donors (Lipinski definition) is 2. The second-order valence-corrected chi connectivity index (χ2v) is 7.71. The highest BCUT2D eigenvalue weighted by atomic mass is 16.4. The molecule has 21 heavy (non-hydrogen) atoms. The molecule has 1 aliphatic carbocycles. The van der Waals surface area contributed by atoms with E-state index in [1.54, 1.807) is 11.9 Å². The second kappa shape index (κ2) is 7.14. The van der Waals surface area contributed by atoms with E-state index >= 15 is 0 Å². The van der Waals surface area contributed by atoms with Crippen LogP contribution in [-0.2, 0) is 4.79 Å². The van der Waals surface area contributed by atoms with Crippen molar-refractivity contribution >= 4 is 12.0 Å². The fraction of sp³-hybridized carbons (Fsp3) is 0.875. The standard InChI is InChI=1S/C16H30N2O3/c1-15(2,3)12-18(4)14(21)17-11-16(10-13(19)20)8-6-5-7-9-16/h5-12H2,1-4H3,(H,17,21)(H,19,20). The fourth-order valence-electron chi connectivity index (χ4n) is 3.22. The molecule has 1 saturated carbocycles. The molecule has 1 fully saturated rings. The molecule has 2 amide bonds. The van der Waals surface area contributed by atoms with Crippen LogP contribution in [0.5, 0.6) is 0 Å². The number of carbonyl (C=O) groups excluding carboxylic acids is 1. The molecule has 0 aliphatic heterocycles. The zero-order valence-corrected chi connectivity index (χ0v) is 13.9. The summed E-state index contributed by atoms with van der Waals surface area (Å²) in [5.41, 5.74) is -0.210. The number of nitrogens with zero attached hydrogens (tertiary/aromatic N) is 1. The number of aliphatic carboxylic acids is 1. The predicted octanol–water partition coefficient (Wildman–Crippen LogP) is 3.10. The highest BCUT2D eigenvalue weighted by Gasteiger charge is 2.35. The largest absolute Gasteiger partial charge is 0.481 e. The summed E-state index contributed by atoms with van der Waals surface area (Å²) >= 11 is 0. The van der Waals surface area contributed by atoms with Crippen LogP contribution in [0.4, 0.5) is 4.79 Å². The number of rotatable bonds is 5. The molecular formula is C16H30N2O3. The van der Waals surface area contributed by atoms with Crippen LogP contribution in [0.25, 0.3) is 0 Å². The number of nitrogens with one attached hydrogen (secondary N) is 1. The first-order chi connectivity index (χ1) is 9.64. The van der Waals surface area contributed by atoms with Crippen LogP contribution in [0, 0.1) is 10.8 Å². The van der Waals surface area contributed by atoms with Gasteiger partial charge in [0.05, 0.1) is 6.42 Å². The van der Waals surface area contributed by atoms with Crippen molar-refractivity contribution in [3.05, 3.63) is 0 Å². The van der Waals surface area contributed by atoms with Gasteiger partial charge in [0.2, 0.25) is 0 Å². The number of carboxylic acids is 1. The van der Waals surface area contributed by atoms with E-state index in [1.165, 1.54) is 6.42 Å². The van der Waals surface area contributed by atoms with Crippen molar-refractivity contribution in [2.45, 2.75) is 59.3 Å². The molecule has 0 bridgehead atoms. The Morgan fingerprint density at radius 2 is 1.76 bits per heavy atom. The molecular weight excluding hydrogens is 268 g/mol. The number of amides is 2. The molecule has 0 heterocycles. The Kier molecular flexibility index (Phi) is 6.05. The average molecular weight is 298 g/mol. The Labute approximate surface area is 128 Å². The maximum absolute atomic E-state index is 12.2. The van der Waals surface area contributed by atoms with Gasteiger partial charge in [0.1, 0.15) is 0 Å². The topological polar surface area (TPSA) is 69.6 Å². The van der Waals surface area contributed by atoms with Gasteiger partial charge in [-0.05, 0) is 23.7 Å². The Balaban J connectivity index is 2.56. The first kappa shape index (κ1) is 17.8. The first-order valence-corrected chi connectivity index (χ1v) is 7.84. The lowest BCUT2D eigenvalue weighted by molar-refractivity contribution is -0.140. The molecule has 2 N–H and O–H groups in total. The van der Waals surface area contributed by atoms with Gasteiger partial charge in [-0.1, -0.05) is 40.0 Å². The van der Waals surface area contributed by atoms with Crippen LogP contribution < -0.4 is 5.32 Å². The summed E-state index contributed by atoms with van der Waals surface area (Å²) in [4.78, 5) is 25.0. The SMILES string of the molecule is CN(CC(C)(C)C)C(=O)NCC1(CC(=O)O)CCCCC1. The highest BCUT2D eigenvalue weighted by Crippen LogP contribution is 2.38. The first-order valence-electron chi connectivity index (χ1n) is 7.84. The Hall–Kier alpha value is -1.26. The highest BCUT2D eigenvalue weighted by molar-refractivity contribution is 5.74. The molecule has 0 radical (unpaired) electrons. The summed E-state index contributed by atoms with van der Waals surface area (Å²) in [5, 5.41) is 12.1. The van der Waals surface area contributed by atoms with Crippen LogP contribution >= 0.6 is 0 Å². The van der Waals surface area contributed by atoms with E-state index in [-0.39, 0.29) is 23.3 Å². The van der Waals surface area contributed by atoms with Gasteiger partial charge in [-0.15, -0.1) is 0 Å². The van der Waals surface area contributed by atoms with E-state index in [1.807, 2.05) is 0 Å². The van der Waals surface area contributed by atoms with E-state index < -0.39 is 5.97 Å². The molecule has 122 valence electrons. The van der Waals surface area contributed by atoms with E-state index in [0.717, 1.165) is 25.7 Å². The van der Waals surface area contributed by atoms with E-state index in [9.17, 15) is 9.59 Å². The number of urea groups is 1. The lowest BCUT2D eigenvalue weighted by Crippen LogP contribution is -2.46. The van der Waals surface area contributed by atoms with Gasteiger partial charge in [-0.25, -0.2) is 4.79 Å². The van der Waals surface area contributed by atoms with Gasteiger partial charge in [0.25, 0.3) is 0 Å². The third-order valence-corrected chi connectivity index (χ3v) is 4.11. The van der Waals surface area contributed by atoms with Crippen LogP contribution in [0.2, 0.25) is 0 Å². The van der Waals surface area contributed by atoms with Crippen molar-refractivity contribution in [2.24, 2.45) is 10.8 Å². The number of carboxylic acid groups (broad SMARTS) is 1. The van der Waals surface area contributed by atoms with Crippen molar-refractivity contribution in [1.82, 2.24) is 10.2 Å². The average Bonchev–Trinajstić information content (AvgIpc) is 2.34. The molecule has 0 aromatic heterocycles. The molecule has 1 rings (SSSR count). The van der Waals surface area contributed by atoms with E-state index in [4.69, 9.17) is 5.11 Å². The second-order valence-electron chi connectivity index (χ2n) is 7.71. The lowest BCUT2D eigenvalue weighted by atomic mass is 9.72. The van der Waals surface area contributed by atoms with Crippen molar-refractivity contribution < 1.29 is 14.7 Å². The summed E-state index contributed by atoms with van der Waals surface area (Å²) in [6, 6.07) is -0.111. The van der Waals surface area contributed by atoms with Gasteiger partial charge in [-0.3, -0.25) is 4.79 Å². The van der Waals surface area contributed by atoms with Gasteiger partial charge in [-0.2, -0.15) is 0 Å². The summed E-state index contributed by atoms with van der Waals surface area (Å²) < 4.78 is 0. The maximum Gasteiger partial charge on any atom is 0.317 e. The molecule has 1 aliphatic rings. The summed E-state index contributed by atoms with van der Waals surface area (Å²) in [5.74, 6) is -0.769. The number of hydrogen-bond acceptors (Lipinski definition) is 2. The van der Waals surface area contributed by atoms with Crippen LogP contribution in [0.3, 0.4) is 0 Å². The maximum atomic E-state index is 12.2. The minimum absolute atomic E-state index is 0.0513. The third kappa shape index (κ3) is 6.36. The molecule has 5 heteroatoms. The van der Waals surface area contributed by atoms with Crippen LogP contribution in [0.15, 0.2) is 0 Å². The molecule has 0 atom stereocenters. The summed E-state index contributed by atoms with van der Waals surface area (Å²) in [7, 11) is 1.78. The predicted molar refractivity (Wildman–Crippen MR) is 83.3 cm³/mol. The monoisotopic (exact) mass is 298 g/mol. The Bertz CT molecular complexity index is 368. The van der Waals surface area contributed by atoms with Crippen molar-refractivity contribution in [3.8, 4) is 0 Å². The Morgan fingerprint density at radius 3 is 2.24 bits per heavy atom. The summed E-state index contributed by atoms with van der Waals surface area (Å²) in [6.07, 6.45) is 5.21. The normalized spacial score (nSPS) is 18.1. The quantitative estimate of drug-likeness (QED) is 0.819. The summed E-state index contributed by atoms with van der Waals surface area (Å²) in [6.45, 7) is 7.40. The van der Waals surface area contributed by atoms with Crippen LogP contribution in [0.1, 0.15) is 59.3 Å². The molecule has 0 spiro atoms. The minimum atomic E-state index is -0.769. The molecule has 0 unspecified atom stereocenters. The van der Waals surface area contributed by atoms with Crippen molar-refractivity contribution in [2.75, 3.05) is 20.1 Å². The van der Waals surface area contributed by atoms with Gasteiger partial charge in [0, 0.05) is 20.1 Å². The van der Waals surface area contributed by atoms with E-state index in [0.29, 0.717) is 13.1 Å². The lowest BCUT2D eigenvalue weighted by Gasteiger charge is -2.37. The zero-order chi connectivity index (χ0) is 16.1. The van der Waals surface area contributed by atoms with E-state index in [2.05, 4.69) is 26.1 Å². The smallest absolute Gasteiger partial charge is 0.317 e. The van der Waals surface area contributed by atoms with Crippen molar-refractivity contribution in [3.63, 3.8) is 0 Å². The fourth-order valence-corrected chi connectivity index (χ4v) is 3.22. The molecule has 0 aromatic carbocycles. The Morgan fingerprint density at radius 1 is 1.19 bits per heavy atom. The minimum Gasteiger partial charge on any atom is -0.481 e. The van der Waals surface area contributed by atoms with Gasteiger partial charge in [0.15, 0.2) is 0 Å². The molecule has 0 saturated heterocycles. The van der Waals surface area contributed by atoms with Crippen molar-refractivity contribution in [1.29, 1.82) is 0 Å². The number of carbonyl (C=O) groups is 2. The van der Waals surface area contributed by atoms with Gasteiger partial charge >= 0.3 is 12.0 Å². The third-order valence-electron chi connectivity index (χ3n) is 4.11. The zero-order valence-electron chi connectivity index (χ0n) is 13.9. The molecule has 5 nitrogen and oxygen atoms in total.